The van der Waals surface area contributed by atoms with Crippen LogP contribution in [0.25, 0.3) is 0 Å². The van der Waals surface area contributed by atoms with Crippen molar-refractivity contribution in [3.63, 3.8) is 0 Å². The first kappa shape index (κ1) is 32.7. The van der Waals surface area contributed by atoms with Gasteiger partial charge in [0.25, 0.3) is 0 Å². The zero-order valence-electron chi connectivity index (χ0n) is 27.3. The Kier molecular flexibility index (Phi) is 7.89. The van der Waals surface area contributed by atoms with Crippen LogP contribution in [0.2, 0.25) is 5.02 Å². The number of nitrogens with zero attached hydrogens (tertiary/aromatic N) is 1. The maximum absolute atomic E-state index is 13.6. The van der Waals surface area contributed by atoms with Crippen LogP contribution in [0.3, 0.4) is 0 Å². The Morgan fingerprint density at radius 2 is 1.87 bits per heavy atom. The lowest BCUT2D eigenvalue weighted by Gasteiger charge is -2.70. The quantitative estimate of drug-likeness (QED) is 0.378. The zero-order valence-corrected chi connectivity index (χ0v) is 28.1. The molecule has 5 aliphatic carbocycles. The lowest BCUT2D eigenvalue weighted by atomic mass is 9.42. The summed E-state index contributed by atoms with van der Waals surface area (Å²) < 4.78 is 37.0. The summed E-state index contributed by atoms with van der Waals surface area (Å²) in [6, 6.07) is 5.84. The minimum atomic E-state index is -1.85. The van der Waals surface area contributed by atoms with Crippen LogP contribution in [-0.4, -0.2) is 117 Å². The van der Waals surface area contributed by atoms with E-state index in [4.69, 9.17) is 40.0 Å². The number of rotatable bonds is 9. The molecule has 6 fully saturated rings. The van der Waals surface area contributed by atoms with Gasteiger partial charge in [-0.1, -0.05) is 17.7 Å². The Morgan fingerprint density at radius 1 is 1.11 bits per heavy atom. The summed E-state index contributed by atoms with van der Waals surface area (Å²) in [6.45, 7) is 3.62. The number of esters is 2. The molecule has 1 aromatic rings. The van der Waals surface area contributed by atoms with E-state index in [2.05, 4.69) is 0 Å². The monoisotopic (exact) mass is 663 g/mol. The van der Waals surface area contributed by atoms with Crippen molar-refractivity contribution >= 4 is 23.5 Å². The molecule has 14 atom stereocenters. The molecule has 5 saturated carbocycles. The molecule has 1 aromatic carbocycles. The Bertz CT molecular complexity index is 1400. The van der Waals surface area contributed by atoms with Gasteiger partial charge in [-0.05, 0) is 50.3 Å². The van der Waals surface area contributed by atoms with Crippen molar-refractivity contribution < 1.29 is 48.2 Å². The van der Waals surface area contributed by atoms with E-state index in [1.165, 1.54) is 6.92 Å². The standard InChI is InChI=1S/C34H46ClNO10/c1-17(46-29(38)19-8-7-9-20(35)12-19)36-15-31(16-45-18(2)37)11-10-24(42-4)33-22-13-21-23(41-3)14-32(39,25(22)26(21)43-5)34(40,30(33)36)28(44-6)27(31)33/h7-9,12,17,21-28,30,39-40H,10-11,13-16H2,1-6H3/t17?,21-,22-,23+,24+,25-,26+,27-,28+,30?,31+,32-,33+,34-/m1/s1. The molecular weight excluding hydrogens is 618 g/mol. The summed E-state index contributed by atoms with van der Waals surface area (Å²) in [7, 11) is 6.58. The number of ether oxygens (including phenoxy) is 6. The second-order valence-corrected chi connectivity index (χ2v) is 15.0. The van der Waals surface area contributed by atoms with Gasteiger partial charge in [0.1, 0.15) is 11.2 Å². The van der Waals surface area contributed by atoms with Crippen molar-refractivity contribution in [1.29, 1.82) is 0 Å². The van der Waals surface area contributed by atoms with Gasteiger partial charge >= 0.3 is 11.9 Å². The summed E-state index contributed by atoms with van der Waals surface area (Å²) in [6.07, 6.45) is -0.563. The number of methoxy groups -OCH3 is 4. The molecule has 6 aliphatic rings. The number of carbonyl (C=O) groups is 2. The second kappa shape index (κ2) is 11.1. The highest BCUT2D eigenvalue weighted by atomic mass is 35.5. The van der Waals surface area contributed by atoms with Crippen LogP contribution in [0, 0.1) is 34.5 Å². The molecule has 254 valence electrons. The summed E-state index contributed by atoms with van der Waals surface area (Å²) in [5.74, 6) is -1.90. The van der Waals surface area contributed by atoms with E-state index in [1.807, 2.05) is 4.90 Å². The molecule has 12 heteroatoms. The van der Waals surface area contributed by atoms with Crippen molar-refractivity contribution in [2.45, 2.75) is 87.4 Å². The smallest absolute Gasteiger partial charge is 0.339 e. The summed E-state index contributed by atoms with van der Waals surface area (Å²) in [5, 5.41) is 27.2. The highest BCUT2D eigenvalue weighted by Gasteiger charge is 2.92. The second-order valence-electron chi connectivity index (χ2n) is 14.6. The van der Waals surface area contributed by atoms with E-state index in [9.17, 15) is 19.8 Å². The van der Waals surface area contributed by atoms with E-state index < -0.39 is 58.3 Å². The maximum Gasteiger partial charge on any atom is 0.339 e. The van der Waals surface area contributed by atoms with Gasteiger partial charge in [0, 0.05) is 81.9 Å². The van der Waals surface area contributed by atoms with E-state index in [-0.39, 0.29) is 49.1 Å². The number of fused-ring (bicyclic) bond motifs is 2. The zero-order chi connectivity index (χ0) is 33.0. The van der Waals surface area contributed by atoms with Crippen molar-refractivity contribution in [2.75, 3.05) is 41.6 Å². The molecule has 11 nitrogen and oxygen atoms in total. The molecule has 0 aromatic heterocycles. The van der Waals surface area contributed by atoms with Gasteiger partial charge in [-0.15, -0.1) is 0 Å². The number of aliphatic hydroxyl groups is 2. The predicted octanol–water partition coefficient (Wildman–Crippen LogP) is 2.68. The third-order valence-electron chi connectivity index (χ3n) is 13.2. The van der Waals surface area contributed by atoms with Crippen LogP contribution >= 0.6 is 11.6 Å². The van der Waals surface area contributed by atoms with Gasteiger partial charge in [0.05, 0.1) is 42.6 Å². The number of likely N-dealkylation sites (tertiary alicyclic amines) is 1. The third-order valence-corrected chi connectivity index (χ3v) is 13.4. The predicted molar refractivity (Wildman–Crippen MR) is 164 cm³/mol. The molecule has 1 saturated heterocycles. The first-order valence-corrected chi connectivity index (χ1v) is 16.7. The summed E-state index contributed by atoms with van der Waals surface area (Å²) in [4.78, 5) is 27.9. The number of benzene rings is 1. The minimum Gasteiger partial charge on any atom is -0.465 e. The summed E-state index contributed by atoms with van der Waals surface area (Å²) in [5.41, 5.74) is -4.70. The largest absolute Gasteiger partial charge is 0.465 e. The van der Waals surface area contributed by atoms with Gasteiger partial charge in [-0.2, -0.15) is 0 Å². The van der Waals surface area contributed by atoms with E-state index in [1.54, 1.807) is 59.6 Å². The van der Waals surface area contributed by atoms with Crippen LogP contribution in [0.15, 0.2) is 24.3 Å². The van der Waals surface area contributed by atoms with E-state index in [0.717, 1.165) is 0 Å². The highest BCUT2D eigenvalue weighted by molar-refractivity contribution is 6.30. The van der Waals surface area contributed by atoms with Crippen LogP contribution in [-0.2, 0) is 33.2 Å². The number of hydrogen-bond acceptors (Lipinski definition) is 11. The Labute approximate surface area is 274 Å². The molecule has 1 aliphatic heterocycles. The summed E-state index contributed by atoms with van der Waals surface area (Å²) >= 11 is 6.20. The van der Waals surface area contributed by atoms with Gasteiger partial charge in [0.2, 0.25) is 0 Å². The van der Waals surface area contributed by atoms with Crippen LogP contribution in [0.5, 0.6) is 0 Å². The average molecular weight is 664 g/mol. The fourth-order valence-corrected chi connectivity index (χ4v) is 12.3. The first-order chi connectivity index (χ1) is 21.9. The lowest BCUT2D eigenvalue weighted by molar-refractivity contribution is -0.329. The molecule has 1 heterocycles. The topological polar surface area (TPSA) is 133 Å². The first-order valence-electron chi connectivity index (χ1n) is 16.3. The Balaban J connectivity index is 1.44. The molecular formula is C34H46ClNO10. The van der Waals surface area contributed by atoms with Gasteiger partial charge in [0.15, 0.2) is 6.23 Å². The number of halogens is 1. The van der Waals surface area contributed by atoms with Gasteiger partial charge in [-0.25, -0.2) is 4.79 Å². The normalized spacial score (nSPS) is 47.4. The molecule has 0 amide bonds. The molecule has 7 rings (SSSR count). The fraction of sp³-hybridized carbons (Fsp3) is 0.765. The van der Waals surface area contributed by atoms with E-state index in [0.29, 0.717) is 36.4 Å². The van der Waals surface area contributed by atoms with Crippen LogP contribution < -0.4 is 0 Å². The number of carbonyl (C=O) groups excluding carboxylic acids is 2. The molecule has 0 radical (unpaired) electrons. The molecule has 2 N–H and O–H groups in total. The maximum atomic E-state index is 13.6. The lowest BCUT2D eigenvalue weighted by Crippen LogP contribution is -2.82. The third kappa shape index (κ3) is 3.91. The van der Waals surface area contributed by atoms with Crippen LogP contribution in [0.4, 0.5) is 0 Å². The van der Waals surface area contributed by atoms with Crippen molar-refractivity contribution in [3.8, 4) is 0 Å². The average Bonchev–Trinajstić information content (AvgIpc) is 3.44. The van der Waals surface area contributed by atoms with Gasteiger partial charge in [-0.3, -0.25) is 9.69 Å². The molecule has 7 bridgehead atoms. The number of piperidine rings is 1. The van der Waals surface area contributed by atoms with Crippen molar-refractivity contribution in [1.82, 2.24) is 4.90 Å². The highest BCUT2D eigenvalue weighted by Crippen LogP contribution is 2.80. The Hall–Kier alpha value is -1.83. The van der Waals surface area contributed by atoms with E-state index >= 15 is 0 Å². The molecule has 1 spiro atoms. The molecule has 46 heavy (non-hydrogen) atoms. The van der Waals surface area contributed by atoms with Crippen LogP contribution in [0.1, 0.15) is 49.9 Å². The number of hydrogen-bond donors (Lipinski definition) is 2. The molecule has 2 unspecified atom stereocenters. The van der Waals surface area contributed by atoms with Crippen molar-refractivity contribution in [2.24, 2.45) is 34.5 Å². The fourth-order valence-electron chi connectivity index (χ4n) is 12.1. The Morgan fingerprint density at radius 3 is 2.50 bits per heavy atom. The minimum absolute atomic E-state index is 0.00171. The van der Waals surface area contributed by atoms with Crippen molar-refractivity contribution in [3.05, 3.63) is 34.9 Å². The van der Waals surface area contributed by atoms with Gasteiger partial charge < -0.3 is 38.6 Å². The SMILES string of the molecule is CO[C@H]1[C@@H]2C[C@@H]3[C@H]1[C@](O)(C[C@@H]2OC)[C@]1(O)C2N(C(C)OC(=O)c4cccc(Cl)c4)C[C@]4(COC(C)=O)CC[C@H](OC)[C@@]23[C@@H]4[C@@H]1OC.